The molecule has 1 fully saturated rings. The molecule has 7 heteroatoms. The average molecular weight is 419 g/mol. The van der Waals surface area contributed by atoms with Crippen molar-refractivity contribution in [1.29, 1.82) is 0 Å². The maximum absolute atomic E-state index is 13.5. The summed E-state index contributed by atoms with van der Waals surface area (Å²) < 4.78 is 42.0. The molecule has 0 aromatic heterocycles. The number of rotatable bonds is 7. The first-order valence-corrected chi connectivity index (χ1v) is 11.3. The second kappa shape index (κ2) is 9.05. The zero-order valence-electron chi connectivity index (χ0n) is 16.8. The van der Waals surface area contributed by atoms with Crippen molar-refractivity contribution < 1.29 is 17.6 Å². The molecule has 2 atom stereocenters. The summed E-state index contributed by atoms with van der Waals surface area (Å²) >= 11 is 0. The largest absolute Gasteiger partial charge is 0.356 e. The van der Waals surface area contributed by atoms with Crippen LogP contribution in [0, 0.1) is 12.7 Å². The number of nitrogens with zero attached hydrogens (tertiary/aromatic N) is 1. The van der Waals surface area contributed by atoms with E-state index in [4.69, 9.17) is 0 Å². The lowest BCUT2D eigenvalue weighted by atomic mass is 10.0. The Bertz CT molecular complexity index is 943. The van der Waals surface area contributed by atoms with Gasteiger partial charge in [0.2, 0.25) is 15.9 Å². The smallest absolute Gasteiger partial charge is 0.243 e. The van der Waals surface area contributed by atoms with Gasteiger partial charge in [0.15, 0.2) is 0 Å². The Labute approximate surface area is 172 Å². The highest BCUT2D eigenvalue weighted by atomic mass is 32.2. The molecule has 2 unspecified atom stereocenters. The number of benzene rings is 2. The average Bonchev–Trinajstić information content (AvgIpc) is 3.11. The molecule has 5 nitrogen and oxygen atoms in total. The minimum atomic E-state index is -3.71. The molecule has 0 bridgehead atoms. The van der Waals surface area contributed by atoms with Gasteiger partial charge in [-0.2, -0.15) is 4.31 Å². The van der Waals surface area contributed by atoms with E-state index < -0.39 is 10.0 Å². The van der Waals surface area contributed by atoms with Gasteiger partial charge in [-0.15, -0.1) is 0 Å². The van der Waals surface area contributed by atoms with Gasteiger partial charge >= 0.3 is 0 Å². The Balaban J connectivity index is 1.89. The highest BCUT2D eigenvalue weighted by Gasteiger charge is 2.42. The summed E-state index contributed by atoms with van der Waals surface area (Å²) in [6.07, 6.45) is 2.76. The van der Waals surface area contributed by atoms with E-state index in [1.807, 2.05) is 6.92 Å². The third-order valence-electron chi connectivity index (χ3n) is 5.38. The maximum Gasteiger partial charge on any atom is 0.243 e. The van der Waals surface area contributed by atoms with E-state index in [1.165, 1.54) is 19.1 Å². The molecular weight excluding hydrogens is 391 g/mol. The van der Waals surface area contributed by atoms with Crippen LogP contribution in [0.1, 0.15) is 49.8 Å². The molecule has 0 saturated carbocycles. The zero-order valence-corrected chi connectivity index (χ0v) is 17.6. The first-order valence-electron chi connectivity index (χ1n) is 9.89. The highest BCUT2D eigenvalue weighted by Crippen LogP contribution is 2.42. The molecule has 1 N–H and O–H groups in total. The number of halogens is 1. The molecular formula is C22H27FN2O3S. The van der Waals surface area contributed by atoms with Gasteiger partial charge < -0.3 is 5.32 Å². The lowest BCUT2D eigenvalue weighted by molar-refractivity contribution is -0.118. The van der Waals surface area contributed by atoms with Gasteiger partial charge in [0.25, 0.3) is 0 Å². The quantitative estimate of drug-likeness (QED) is 0.693. The first kappa shape index (κ1) is 21.5. The molecule has 0 aliphatic carbocycles. The fourth-order valence-corrected chi connectivity index (χ4v) is 5.82. The Morgan fingerprint density at radius 3 is 2.38 bits per heavy atom. The van der Waals surface area contributed by atoms with E-state index in [2.05, 4.69) is 5.32 Å². The summed E-state index contributed by atoms with van der Waals surface area (Å²) in [5.41, 5.74) is 1.79. The molecule has 0 radical (unpaired) electrons. The summed E-state index contributed by atoms with van der Waals surface area (Å²) in [7, 11) is -3.71. The van der Waals surface area contributed by atoms with E-state index in [1.54, 1.807) is 40.7 Å². The fourth-order valence-electron chi connectivity index (χ4n) is 3.93. The van der Waals surface area contributed by atoms with Crippen LogP contribution in [0.4, 0.5) is 4.39 Å². The third-order valence-corrected chi connectivity index (χ3v) is 7.36. The SMILES string of the molecule is CC(=O)NCCCC1CCC(c2ccc(F)cc2)N1S(=O)(=O)c1ccc(C)cc1. The summed E-state index contributed by atoms with van der Waals surface area (Å²) in [5, 5.41) is 2.76. The molecule has 1 heterocycles. The number of aryl methyl sites for hydroxylation is 1. The van der Waals surface area contributed by atoms with Gasteiger partial charge in [-0.05, 0) is 62.4 Å². The van der Waals surface area contributed by atoms with Crippen LogP contribution < -0.4 is 5.32 Å². The second-order valence-corrected chi connectivity index (χ2v) is 9.41. The number of sulfonamides is 1. The van der Waals surface area contributed by atoms with Crippen LogP contribution in [0.15, 0.2) is 53.4 Å². The van der Waals surface area contributed by atoms with Crippen molar-refractivity contribution in [2.75, 3.05) is 6.54 Å². The molecule has 1 aliphatic rings. The minimum absolute atomic E-state index is 0.0928. The van der Waals surface area contributed by atoms with Gasteiger partial charge in [-0.1, -0.05) is 29.8 Å². The summed E-state index contributed by atoms with van der Waals surface area (Å²) in [4.78, 5) is 11.4. The molecule has 1 saturated heterocycles. The molecule has 1 aliphatic heterocycles. The summed E-state index contributed by atoms with van der Waals surface area (Å²) in [5.74, 6) is -0.434. The van der Waals surface area contributed by atoms with Crippen LogP contribution in [-0.4, -0.2) is 31.2 Å². The molecule has 29 heavy (non-hydrogen) atoms. The Morgan fingerprint density at radius 2 is 1.76 bits per heavy atom. The van der Waals surface area contributed by atoms with Crippen molar-refractivity contribution in [2.24, 2.45) is 0 Å². The van der Waals surface area contributed by atoms with Crippen LogP contribution in [0.3, 0.4) is 0 Å². The summed E-state index contributed by atoms with van der Waals surface area (Å²) in [6.45, 7) is 3.90. The normalized spacial score (nSPS) is 20.0. The number of carbonyl (C=O) groups excluding carboxylic acids is 1. The number of amides is 1. The predicted octanol–water partition coefficient (Wildman–Crippen LogP) is 3.94. The third kappa shape index (κ3) is 5.03. The van der Waals surface area contributed by atoms with Crippen molar-refractivity contribution >= 4 is 15.9 Å². The van der Waals surface area contributed by atoms with Gasteiger partial charge in [0.1, 0.15) is 5.82 Å². The number of hydrogen-bond acceptors (Lipinski definition) is 3. The highest BCUT2D eigenvalue weighted by molar-refractivity contribution is 7.89. The number of nitrogens with one attached hydrogen (secondary N) is 1. The fraction of sp³-hybridized carbons (Fsp3) is 0.409. The van der Waals surface area contributed by atoms with E-state index in [9.17, 15) is 17.6 Å². The summed E-state index contributed by atoms with van der Waals surface area (Å²) in [6, 6.07) is 12.4. The van der Waals surface area contributed by atoms with Crippen molar-refractivity contribution in [3.05, 3.63) is 65.5 Å². The maximum atomic E-state index is 13.5. The van der Waals surface area contributed by atoms with Gasteiger partial charge in [-0.25, -0.2) is 12.8 Å². The minimum Gasteiger partial charge on any atom is -0.356 e. The lowest BCUT2D eigenvalue weighted by Crippen LogP contribution is -2.38. The van der Waals surface area contributed by atoms with Crippen LogP contribution in [0.5, 0.6) is 0 Å². The molecule has 1 amide bonds. The predicted molar refractivity (Wildman–Crippen MR) is 110 cm³/mol. The number of carbonyl (C=O) groups is 1. The lowest BCUT2D eigenvalue weighted by Gasteiger charge is -2.30. The second-order valence-electron chi connectivity index (χ2n) is 7.57. The van der Waals surface area contributed by atoms with Crippen LogP contribution in [0.2, 0.25) is 0 Å². The molecule has 0 spiro atoms. The van der Waals surface area contributed by atoms with Crippen LogP contribution in [-0.2, 0) is 14.8 Å². The van der Waals surface area contributed by atoms with E-state index in [0.29, 0.717) is 25.8 Å². The zero-order chi connectivity index (χ0) is 21.0. The van der Waals surface area contributed by atoms with Crippen molar-refractivity contribution in [3.63, 3.8) is 0 Å². The number of hydrogen-bond donors (Lipinski definition) is 1. The van der Waals surface area contributed by atoms with E-state index in [0.717, 1.165) is 17.5 Å². The monoisotopic (exact) mass is 418 g/mol. The Kier molecular flexibility index (Phi) is 6.70. The topological polar surface area (TPSA) is 66.5 Å². The molecule has 2 aromatic rings. The van der Waals surface area contributed by atoms with Gasteiger partial charge in [0, 0.05) is 19.5 Å². The van der Waals surface area contributed by atoms with Crippen molar-refractivity contribution in [2.45, 2.75) is 56.5 Å². The van der Waals surface area contributed by atoms with E-state index in [-0.39, 0.29) is 28.7 Å². The van der Waals surface area contributed by atoms with Gasteiger partial charge in [-0.3, -0.25) is 4.79 Å². The van der Waals surface area contributed by atoms with Crippen LogP contribution >= 0.6 is 0 Å². The molecule has 156 valence electrons. The van der Waals surface area contributed by atoms with E-state index >= 15 is 0 Å². The first-order chi connectivity index (χ1) is 13.8. The molecule has 3 rings (SSSR count). The van der Waals surface area contributed by atoms with Crippen LogP contribution in [0.25, 0.3) is 0 Å². The van der Waals surface area contributed by atoms with Crippen molar-refractivity contribution in [3.8, 4) is 0 Å². The standard InChI is InChI=1S/C22H27FN2O3S/c1-16-5-12-21(13-6-16)29(27,28)25-20(4-3-15-24-17(2)26)11-14-22(25)18-7-9-19(23)10-8-18/h5-10,12-13,20,22H,3-4,11,14-15H2,1-2H3,(H,24,26). The van der Waals surface area contributed by atoms with Crippen molar-refractivity contribution in [1.82, 2.24) is 9.62 Å². The Morgan fingerprint density at radius 1 is 1.10 bits per heavy atom. The Hall–Kier alpha value is -2.25. The van der Waals surface area contributed by atoms with Gasteiger partial charge in [0.05, 0.1) is 10.9 Å². The molecule has 2 aromatic carbocycles.